The molecule has 0 spiro atoms. The Balaban J connectivity index is 2.25. The monoisotopic (exact) mass is 209 g/mol. The van der Waals surface area contributed by atoms with E-state index in [1.54, 1.807) is 12.1 Å². The molecule has 14 heavy (non-hydrogen) atoms. The van der Waals surface area contributed by atoms with Crippen LogP contribution in [0.25, 0.3) is 0 Å². The summed E-state index contributed by atoms with van der Waals surface area (Å²) < 4.78 is 0. The molecule has 0 radical (unpaired) electrons. The average Bonchev–Trinajstić information content (AvgIpc) is 2.56. The summed E-state index contributed by atoms with van der Waals surface area (Å²) in [6.07, 6.45) is 0.269. The smallest absolute Gasteiger partial charge is 0.245 e. The van der Waals surface area contributed by atoms with E-state index in [2.05, 4.69) is 15.8 Å². The molecule has 1 fully saturated rings. The zero-order valence-corrected chi connectivity index (χ0v) is 8.01. The maximum Gasteiger partial charge on any atom is 0.245 e. The second-order valence-corrected chi connectivity index (χ2v) is 3.27. The van der Waals surface area contributed by atoms with Crippen molar-refractivity contribution in [2.24, 2.45) is 4.99 Å². The van der Waals surface area contributed by atoms with Gasteiger partial charge in [-0.2, -0.15) is 0 Å². The molecule has 0 aliphatic carbocycles. The van der Waals surface area contributed by atoms with Crippen molar-refractivity contribution in [1.29, 1.82) is 0 Å². The summed E-state index contributed by atoms with van der Waals surface area (Å²) in [5, 5.41) is 0.571. The van der Waals surface area contributed by atoms with E-state index < -0.39 is 0 Å². The number of benzene rings is 1. The number of halogens is 1. The van der Waals surface area contributed by atoms with Crippen LogP contribution in [0.2, 0.25) is 5.02 Å². The number of nitrogens with one attached hydrogen (secondary N) is 2. The number of amides is 1. The molecule has 1 aromatic rings. The molecule has 1 amide bonds. The Morgan fingerprint density at radius 2 is 2.07 bits per heavy atom. The highest BCUT2D eigenvalue weighted by atomic mass is 35.5. The molecule has 1 aliphatic heterocycles. The van der Waals surface area contributed by atoms with E-state index in [-0.39, 0.29) is 12.3 Å². The largest absolute Gasteiger partial charge is 0.285 e. The highest BCUT2D eigenvalue weighted by molar-refractivity contribution is 6.33. The second kappa shape index (κ2) is 3.67. The molecule has 0 saturated carbocycles. The van der Waals surface area contributed by atoms with Crippen LogP contribution in [0.4, 0.5) is 5.69 Å². The molecule has 2 N–H and O–H groups in total. The first-order valence-corrected chi connectivity index (χ1v) is 4.50. The third kappa shape index (κ3) is 1.85. The molecule has 4 nitrogen and oxygen atoms in total. The highest BCUT2D eigenvalue weighted by Gasteiger charge is 2.15. The molecule has 72 valence electrons. The van der Waals surface area contributed by atoms with Gasteiger partial charge in [0.05, 0.1) is 17.1 Å². The number of para-hydroxylation sites is 1. The number of amidine groups is 1. The van der Waals surface area contributed by atoms with Crippen LogP contribution in [0, 0.1) is 0 Å². The molecule has 0 aromatic heterocycles. The maximum atomic E-state index is 10.8. The Morgan fingerprint density at radius 1 is 1.29 bits per heavy atom. The van der Waals surface area contributed by atoms with Crippen molar-refractivity contribution in [3.8, 4) is 0 Å². The number of carbonyl (C=O) groups excluding carboxylic acids is 1. The Labute approximate surface area is 86.0 Å². The van der Waals surface area contributed by atoms with Gasteiger partial charge in [0.2, 0.25) is 5.91 Å². The van der Waals surface area contributed by atoms with Crippen LogP contribution < -0.4 is 10.9 Å². The molecule has 0 unspecified atom stereocenters. The first kappa shape index (κ1) is 9.02. The summed E-state index contributed by atoms with van der Waals surface area (Å²) in [7, 11) is 0. The molecule has 2 rings (SSSR count). The molecular formula is C9H8ClN3O. The van der Waals surface area contributed by atoms with Gasteiger partial charge in [0.25, 0.3) is 0 Å². The van der Waals surface area contributed by atoms with Crippen molar-refractivity contribution in [2.45, 2.75) is 6.42 Å². The van der Waals surface area contributed by atoms with Crippen LogP contribution in [-0.4, -0.2) is 11.7 Å². The van der Waals surface area contributed by atoms with Crippen LogP contribution >= 0.6 is 11.6 Å². The Morgan fingerprint density at radius 3 is 2.71 bits per heavy atom. The van der Waals surface area contributed by atoms with Crippen molar-refractivity contribution < 1.29 is 4.79 Å². The Kier molecular flexibility index (Phi) is 2.37. The lowest BCUT2D eigenvalue weighted by molar-refractivity contribution is -0.119. The summed E-state index contributed by atoms with van der Waals surface area (Å²) in [6, 6.07) is 7.22. The number of hydrogen-bond acceptors (Lipinski definition) is 2. The van der Waals surface area contributed by atoms with Gasteiger partial charge in [-0.1, -0.05) is 23.7 Å². The summed E-state index contributed by atoms with van der Waals surface area (Å²) >= 11 is 5.90. The fraction of sp³-hybridized carbons (Fsp3) is 0.111. The lowest BCUT2D eigenvalue weighted by Crippen LogP contribution is -2.28. The van der Waals surface area contributed by atoms with Crippen LogP contribution in [0.1, 0.15) is 6.42 Å². The standard InChI is InChI=1S/C9H8ClN3O/c10-6-3-1-2-4-7(6)11-8-5-9(14)13-12-8/h1-4H,5H2,(H,11,12)(H,13,14). The first-order valence-electron chi connectivity index (χ1n) is 4.12. The van der Waals surface area contributed by atoms with E-state index in [1.165, 1.54) is 0 Å². The normalized spacial score (nSPS) is 18.1. The van der Waals surface area contributed by atoms with Crippen molar-refractivity contribution in [2.75, 3.05) is 0 Å². The van der Waals surface area contributed by atoms with E-state index in [0.717, 1.165) is 0 Å². The molecule has 0 atom stereocenters. The second-order valence-electron chi connectivity index (χ2n) is 2.86. The minimum atomic E-state index is -0.0872. The van der Waals surface area contributed by atoms with E-state index >= 15 is 0 Å². The van der Waals surface area contributed by atoms with E-state index in [9.17, 15) is 4.79 Å². The number of rotatable bonds is 1. The SMILES string of the molecule is O=C1CC(=Nc2ccccc2Cl)NN1. The van der Waals surface area contributed by atoms with E-state index in [4.69, 9.17) is 11.6 Å². The zero-order chi connectivity index (χ0) is 9.97. The van der Waals surface area contributed by atoms with Gasteiger partial charge in [0.15, 0.2) is 0 Å². The van der Waals surface area contributed by atoms with Crippen molar-refractivity contribution in [1.82, 2.24) is 10.9 Å². The molecule has 1 aliphatic rings. The number of aliphatic imine (C=N–C) groups is 1. The molecular weight excluding hydrogens is 202 g/mol. The van der Waals surface area contributed by atoms with Gasteiger partial charge in [-0.25, -0.2) is 4.99 Å². The van der Waals surface area contributed by atoms with Crippen LogP contribution in [0.15, 0.2) is 29.3 Å². The maximum absolute atomic E-state index is 10.8. The lowest BCUT2D eigenvalue weighted by Gasteiger charge is -1.98. The van der Waals surface area contributed by atoms with E-state index in [0.29, 0.717) is 16.5 Å². The summed E-state index contributed by atoms with van der Waals surface area (Å²) in [6.45, 7) is 0. The predicted octanol–water partition coefficient (Wildman–Crippen LogP) is 1.39. The first-order chi connectivity index (χ1) is 6.75. The van der Waals surface area contributed by atoms with Crippen molar-refractivity contribution in [3.05, 3.63) is 29.3 Å². The average molecular weight is 210 g/mol. The topological polar surface area (TPSA) is 53.5 Å². The van der Waals surface area contributed by atoms with Crippen LogP contribution in [0.5, 0.6) is 0 Å². The fourth-order valence-electron chi connectivity index (χ4n) is 1.14. The molecule has 0 bridgehead atoms. The number of nitrogens with zero attached hydrogens (tertiary/aromatic N) is 1. The highest BCUT2D eigenvalue weighted by Crippen LogP contribution is 2.23. The Bertz CT molecular complexity index is 403. The quantitative estimate of drug-likeness (QED) is 0.735. The van der Waals surface area contributed by atoms with Crippen LogP contribution in [0.3, 0.4) is 0 Å². The van der Waals surface area contributed by atoms with Gasteiger partial charge in [-0.3, -0.25) is 15.6 Å². The summed E-state index contributed by atoms with van der Waals surface area (Å²) in [4.78, 5) is 15.0. The third-order valence-electron chi connectivity index (χ3n) is 1.78. The molecule has 1 aromatic carbocycles. The minimum Gasteiger partial charge on any atom is -0.285 e. The Hall–Kier alpha value is -1.55. The fourth-order valence-corrected chi connectivity index (χ4v) is 1.32. The van der Waals surface area contributed by atoms with Gasteiger partial charge in [-0.15, -0.1) is 0 Å². The van der Waals surface area contributed by atoms with Gasteiger partial charge in [-0.05, 0) is 12.1 Å². The molecule has 1 saturated heterocycles. The van der Waals surface area contributed by atoms with Crippen LogP contribution in [-0.2, 0) is 4.79 Å². The third-order valence-corrected chi connectivity index (χ3v) is 2.10. The molecule has 1 heterocycles. The number of carbonyl (C=O) groups is 1. The summed E-state index contributed by atoms with van der Waals surface area (Å²) in [5.74, 6) is 0.499. The number of hydrogen-bond donors (Lipinski definition) is 2. The van der Waals surface area contributed by atoms with Gasteiger partial charge in [0, 0.05) is 0 Å². The van der Waals surface area contributed by atoms with Crippen molar-refractivity contribution >= 4 is 29.0 Å². The molecule has 5 heteroatoms. The van der Waals surface area contributed by atoms with Gasteiger partial charge >= 0.3 is 0 Å². The predicted molar refractivity (Wildman–Crippen MR) is 54.4 cm³/mol. The summed E-state index contributed by atoms with van der Waals surface area (Å²) in [5.41, 5.74) is 5.78. The van der Waals surface area contributed by atoms with E-state index in [1.807, 2.05) is 12.1 Å². The van der Waals surface area contributed by atoms with Crippen molar-refractivity contribution in [3.63, 3.8) is 0 Å². The van der Waals surface area contributed by atoms with Gasteiger partial charge < -0.3 is 0 Å². The number of hydrazine groups is 1. The van der Waals surface area contributed by atoms with Gasteiger partial charge in [0.1, 0.15) is 5.84 Å². The lowest BCUT2D eigenvalue weighted by atomic mass is 10.3. The zero-order valence-electron chi connectivity index (χ0n) is 7.25. The minimum absolute atomic E-state index is 0.0872.